The van der Waals surface area contributed by atoms with Crippen molar-refractivity contribution in [2.24, 2.45) is 0 Å². The van der Waals surface area contributed by atoms with E-state index in [1.54, 1.807) is 42.6 Å². The zero-order valence-corrected chi connectivity index (χ0v) is 9.77. The van der Waals surface area contributed by atoms with Crippen LogP contribution in [0.15, 0.2) is 48.7 Å². The summed E-state index contributed by atoms with van der Waals surface area (Å²) in [5, 5.41) is 2.71. The quantitative estimate of drug-likeness (QED) is 0.895. The van der Waals surface area contributed by atoms with Crippen LogP contribution in [-0.4, -0.2) is 17.4 Å². The minimum Gasteiger partial charge on any atom is -0.350 e. The van der Waals surface area contributed by atoms with Crippen LogP contribution in [0.25, 0.3) is 0 Å². The van der Waals surface area contributed by atoms with Gasteiger partial charge in [-0.1, -0.05) is 24.3 Å². The maximum atomic E-state index is 13.3. The molecule has 1 heterocycles. The van der Waals surface area contributed by atoms with Crippen molar-refractivity contribution in [2.45, 2.75) is 6.42 Å². The molecular formula is C14H13FN2O. The minimum absolute atomic E-state index is 0.244. The zero-order chi connectivity index (χ0) is 12.8. The fourth-order valence-corrected chi connectivity index (χ4v) is 1.60. The summed E-state index contributed by atoms with van der Waals surface area (Å²) < 4.78 is 13.3. The lowest BCUT2D eigenvalue weighted by Crippen LogP contribution is -2.26. The Morgan fingerprint density at radius 1 is 1.17 bits per heavy atom. The third-order valence-corrected chi connectivity index (χ3v) is 2.54. The molecule has 2 aromatic rings. The third kappa shape index (κ3) is 3.13. The molecule has 18 heavy (non-hydrogen) atoms. The van der Waals surface area contributed by atoms with E-state index in [4.69, 9.17) is 0 Å². The number of hydrogen-bond donors (Lipinski definition) is 1. The number of nitrogens with zero attached hydrogens (tertiary/aromatic N) is 1. The number of carbonyl (C=O) groups excluding carboxylic acids is 1. The highest BCUT2D eigenvalue weighted by Gasteiger charge is 2.06. The topological polar surface area (TPSA) is 42.0 Å². The summed E-state index contributed by atoms with van der Waals surface area (Å²) in [5.74, 6) is -0.489. The monoisotopic (exact) mass is 244 g/mol. The Bertz CT molecular complexity index is 528. The number of carbonyl (C=O) groups is 1. The third-order valence-electron chi connectivity index (χ3n) is 2.54. The number of aromatic nitrogens is 1. The molecule has 0 atom stereocenters. The first-order valence-corrected chi connectivity index (χ1v) is 5.70. The van der Waals surface area contributed by atoms with E-state index in [1.165, 1.54) is 6.07 Å². The molecule has 92 valence electrons. The van der Waals surface area contributed by atoms with Crippen molar-refractivity contribution in [2.75, 3.05) is 6.54 Å². The largest absolute Gasteiger partial charge is 0.350 e. The van der Waals surface area contributed by atoms with Crippen LogP contribution < -0.4 is 5.32 Å². The first-order chi connectivity index (χ1) is 8.77. The van der Waals surface area contributed by atoms with E-state index >= 15 is 0 Å². The molecule has 1 N–H and O–H groups in total. The van der Waals surface area contributed by atoms with Crippen LogP contribution >= 0.6 is 0 Å². The number of hydrogen-bond acceptors (Lipinski definition) is 2. The highest BCUT2D eigenvalue weighted by Crippen LogP contribution is 2.06. The van der Waals surface area contributed by atoms with Gasteiger partial charge in [0.05, 0.1) is 0 Å². The molecule has 0 fully saturated rings. The summed E-state index contributed by atoms with van der Waals surface area (Å²) in [6.45, 7) is 0.385. The Labute approximate surface area is 105 Å². The molecule has 4 heteroatoms. The second kappa shape index (κ2) is 5.91. The average Bonchev–Trinajstić information content (AvgIpc) is 2.42. The van der Waals surface area contributed by atoms with Crippen LogP contribution in [0.1, 0.15) is 16.1 Å². The van der Waals surface area contributed by atoms with Crippen molar-refractivity contribution in [3.63, 3.8) is 0 Å². The van der Waals surface area contributed by atoms with Gasteiger partial charge in [0, 0.05) is 12.7 Å². The number of benzene rings is 1. The predicted octanol–water partition coefficient (Wildman–Crippen LogP) is 2.19. The first kappa shape index (κ1) is 12.2. The van der Waals surface area contributed by atoms with Crippen molar-refractivity contribution >= 4 is 5.91 Å². The lowest BCUT2D eigenvalue weighted by molar-refractivity contribution is 0.0949. The lowest BCUT2D eigenvalue weighted by atomic mass is 10.1. The number of pyridine rings is 1. The summed E-state index contributed by atoms with van der Waals surface area (Å²) >= 11 is 0. The molecule has 0 aliphatic rings. The van der Waals surface area contributed by atoms with Crippen LogP contribution in [0, 0.1) is 5.82 Å². The van der Waals surface area contributed by atoms with Gasteiger partial charge in [-0.05, 0) is 30.2 Å². The van der Waals surface area contributed by atoms with Crippen molar-refractivity contribution in [3.05, 3.63) is 65.7 Å². The van der Waals surface area contributed by atoms with Crippen LogP contribution in [0.4, 0.5) is 4.39 Å². The van der Waals surface area contributed by atoms with Gasteiger partial charge in [-0.2, -0.15) is 0 Å². The Morgan fingerprint density at radius 3 is 2.67 bits per heavy atom. The number of halogens is 1. The summed E-state index contributed by atoms with van der Waals surface area (Å²) in [5.41, 5.74) is 0.963. The number of rotatable bonds is 4. The maximum Gasteiger partial charge on any atom is 0.269 e. The summed E-state index contributed by atoms with van der Waals surface area (Å²) in [6.07, 6.45) is 2.02. The Hall–Kier alpha value is -2.23. The van der Waals surface area contributed by atoms with Gasteiger partial charge in [0.15, 0.2) is 0 Å². The summed E-state index contributed by atoms with van der Waals surface area (Å²) in [7, 11) is 0. The second-order valence-corrected chi connectivity index (χ2v) is 3.81. The smallest absolute Gasteiger partial charge is 0.269 e. The van der Waals surface area contributed by atoms with E-state index in [9.17, 15) is 9.18 Å². The van der Waals surface area contributed by atoms with Gasteiger partial charge in [-0.3, -0.25) is 9.78 Å². The Balaban J connectivity index is 1.86. The number of nitrogens with one attached hydrogen (secondary N) is 1. The molecule has 1 amide bonds. The molecule has 1 aromatic heterocycles. The van der Waals surface area contributed by atoms with Crippen LogP contribution in [0.2, 0.25) is 0 Å². The molecule has 3 nitrogen and oxygen atoms in total. The second-order valence-electron chi connectivity index (χ2n) is 3.81. The van der Waals surface area contributed by atoms with Gasteiger partial charge in [-0.15, -0.1) is 0 Å². The lowest BCUT2D eigenvalue weighted by Gasteiger charge is -2.05. The van der Waals surface area contributed by atoms with Gasteiger partial charge >= 0.3 is 0 Å². The molecular weight excluding hydrogens is 231 g/mol. The molecule has 0 saturated carbocycles. The van der Waals surface area contributed by atoms with Gasteiger partial charge in [0.2, 0.25) is 0 Å². The standard InChI is InChI=1S/C14H13FN2O/c15-12-6-2-1-5-11(12)8-10-17-14(18)13-7-3-4-9-16-13/h1-7,9H,8,10H2,(H,17,18). The van der Waals surface area contributed by atoms with E-state index < -0.39 is 0 Å². The predicted molar refractivity (Wildman–Crippen MR) is 66.7 cm³/mol. The van der Waals surface area contributed by atoms with Crippen LogP contribution in [0.3, 0.4) is 0 Å². The Morgan fingerprint density at radius 2 is 1.94 bits per heavy atom. The first-order valence-electron chi connectivity index (χ1n) is 5.70. The Kier molecular flexibility index (Phi) is 4.02. The molecule has 1 aromatic carbocycles. The molecule has 0 aliphatic carbocycles. The van der Waals surface area contributed by atoms with E-state index in [0.29, 0.717) is 24.2 Å². The van der Waals surface area contributed by atoms with Crippen molar-refractivity contribution in [1.82, 2.24) is 10.3 Å². The molecule has 0 spiro atoms. The molecule has 0 bridgehead atoms. The number of amides is 1. The van der Waals surface area contributed by atoms with E-state index in [1.807, 2.05) is 0 Å². The molecule has 2 rings (SSSR count). The van der Waals surface area contributed by atoms with Gasteiger partial charge in [-0.25, -0.2) is 4.39 Å². The van der Waals surface area contributed by atoms with E-state index in [-0.39, 0.29) is 11.7 Å². The molecule has 0 aliphatic heterocycles. The maximum absolute atomic E-state index is 13.3. The van der Waals surface area contributed by atoms with Crippen molar-refractivity contribution < 1.29 is 9.18 Å². The summed E-state index contributed by atoms with van der Waals surface area (Å²) in [6, 6.07) is 11.7. The molecule has 0 radical (unpaired) electrons. The fourth-order valence-electron chi connectivity index (χ4n) is 1.60. The molecule has 0 saturated heterocycles. The molecule has 0 unspecified atom stereocenters. The fraction of sp³-hybridized carbons (Fsp3) is 0.143. The van der Waals surface area contributed by atoms with Crippen molar-refractivity contribution in [3.8, 4) is 0 Å². The van der Waals surface area contributed by atoms with E-state index in [2.05, 4.69) is 10.3 Å². The minimum atomic E-state index is -0.246. The van der Waals surface area contributed by atoms with Crippen LogP contribution in [0.5, 0.6) is 0 Å². The van der Waals surface area contributed by atoms with Crippen molar-refractivity contribution in [1.29, 1.82) is 0 Å². The van der Waals surface area contributed by atoms with E-state index in [0.717, 1.165) is 0 Å². The zero-order valence-electron chi connectivity index (χ0n) is 9.77. The normalized spacial score (nSPS) is 10.1. The van der Waals surface area contributed by atoms with Crippen LogP contribution in [-0.2, 0) is 6.42 Å². The van der Waals surface area contributed by atoms with Gasteiger partial charge in [0.25, 0.3) is 5.91 Å². The highest BCUT2D eigenvalue weighted by molar-refractivity contribution is 5.92. The SMILES string of the molecule is O=C(NCCc1ccccc1F)c1ccccn1. The van der Waals surface area contributed by atoms with Gasteiger partial charge < -0.3 is 5.32 Å². The van der Waals surface area contributed by atoms with Gasteiger partial charge in [0.1, 0.15) is 11.5 Å². The highest BCUT2D eigenvalue weighted by atomic mass is 19.1. The summed E-state index contributed by atoms with van der Waals surface area (Å²) in [4.78, 5) is 15.6. The average molecular weight is 244 g/mol.